The van der Waals surface area contributed by atoms with Crippen LogP contribution in [0, 0.1) is 11.8 Å². The molecule has 1 aliphatic rings. The number of halogens is 1. The van der Waals surface area contributed by atoms with Crippen molar-refractivity contribution in [1.29, 1.82) is 0 Å². The molecule has 0 aliphatic carbocycles. The minimum atomic E-state index is 0.0427. The van der Waals surface area contributed by atoms with Crippen LogP contribution in [0.1, 0.15) is 19.4 Å². The Morgan fingerprint density at radius 1 is 1.44 bits per heavy atom. The first-order valence-corrected chi connectivity index (χ1v) is 6.41. The number of anilines is 1. The summed E-state index contributed by atoms with van der Waals surface area (Å²) < 4.78 is 0.917. The third-order valence-corrected chi connectivity index (χ3v) is 3.80. The van der Waals surface area contributed by atoms with Crippen molar-refractivity contribution in [1.82, 2.24) is 4.98 Å². The Bertz CT molecular complexity index is 373. The number of hydrogen-bond acceptors (Lipinski definition) is 3. The highest BCUT2D eigenvalue weighted by Gasteiger charge is 2.28. The van der Waals surface area contributed by atoms with Gasteiger partial charge in [0, 0.05) is 29.3 Å². The number of aliphatic hydroxyl groups is 1. The second kappa shape index (κ2) is 4.72. The van der Waals surface area contributed by atoms with E-state index in [2.05, 4.69) is 39.7 Å². The molecule has 2 heterocycles. The molecule has 0 radical (unpaired) electrons. The summed E-state index contributed by atoms with van der Waals surface area (Å²) in [6.45, 7) is 6.64. The predicted octanol–water partition coefficient (Wildman–Crippen LogP) is 2.43. The van der Waals surface area contributed by atoms with Crippen molar-refractivity contribution in [2.24, 2.45) is 11.8 Å². The Balaban J connectivity index is 2.27. The molecule has 2 atom stereocenters. The molecular weight excluding hydrogens is 268 g/mol. The van der Waals surface area contributed by atoms with Crippen molar-refractivity contribution in [3.8, 4) is 0 Å². The van der Waals surface area contributed by atoms with E-state index in [1.165, 1.54) is 0 Å². The van der Waals surface area contributed by atoms with E-state index in [9.17, 15) is 5.11 Å². The Kier molecular flexibility index (Phi) is 3.50. The van der Waals surface area contributed by atoms with Crippen molar-refractivity contribution >= 4 is 21.7 Å². The molecule has 16 heavy (non-hydrogen) atoms. The van der Waals surface area contributed by atoms with Crippen molar-refractivity contribution in [3.63, 3.8) is 0 Å². The number of rotatable bonds is 2. The molecule has 1 fully saturated rings. The molecule has 1 aromatic heterocycles. The van der Waals surface area contributed by atoms with Gasteiger partial charge in [0.1, 0.15) is 5.82 Å². The molecule has 2 rings (SSSR count). The summed E-state index contributed by atoms with van der Waals surface area (Å²) in [6, 6.07) is 1.94. The van der Waals surface area contributed by atoms with Crippen LogP contribution in [0.5, 0.6) is 0 Å². The molecule has 0 aromatic carbocycles. The second-order valence-corrected chi connectivity index (χ2v) is 5.57. The number of hydrogen-bond donors (Lipinski definition) is 1. The quantitative estimate of drug-likeness (QED) is 0.906. The fraction of sp³-hybridized carbons (Fsp3) is 0.583. The zero-order valence-electron chi connectivity index (χ0n) is 9.65. The van der Waals surface area contributed by atoms with Gasteiger partial charge in [0.15, 0.2) is 0 Å². The van der Waals surface area contributed by atoms with Crippen LogP contribution in [0.15, 0.2) is 16.7 Å². The fourth-order valence-corrected chi connectivity index (χ4v) is 2.56. The van der Waals surface area contributed by atoms with Crippen molar-refractivity contribution in [2.45, 2.75) is 20.5 Å². The SMILES string of the molecule is CC1CN(c2ncc(Br)cc2CO)CC1C. The van der Waals surface area contributed by atoms with Crippen molar-refractivity contribution in [2.75, 3.05) is 18.0 Å². The first-order chi connectivity index (χ1) is 7.61. The van der Waals surface area contributed by atoms with Crippen LogP contribution in [0.25, 0.3) is 0 Å². The van der Waals surface area contributed by atoms with Gasteiger partial charge < -0.3 is 10.0 Å². The molecule has 0 spiro atoms. The highest BCUT2D eigenvalue weighted by molar-refractivity contribution is 9.10. The third kappa shape index (κ3) is 2.23. The summed E-state index contributed by atoms with van der Waals surface area (Å²) in [5, 5.41) is 9.35. The lowest BCUT2D eigenvalue weighted by Crippen LogP contribution is -2.22. The summed E-state index contributed by atoms with van der Waals surface area (Å²) in [5.41, 5.74) is 0.899. The maximum atomic E-state index is 9.35. The van der Waals surface area contributed by atoms with Gasteiger partial charge in [-0.3, -0.25) is 0 Å². The minimum Gasteiger partial charge on any atom is -0.392 e. The minimum absolute atomic E-state index is 0.0427. The Morgan fingerprint density at radius 3 is 2.62 bits per heavy atom. The van der Waals surface area contributed by atoms with Gasteiger partial charge in [0.25, 0.3) is 0 Å². The van der Waals surface area contributed by atoms with E-state index in [0.717, 1.165) is 28.9 Å². The van der Waals surface area contributed by atoms with E-state index in [1.807, 2.05) is 6.07 Å². The number of pyridine rings is 1. The van der Waals surface area contributed by atoms with Crippen molar-refractivity contribution in [3.05, 3.63) is 22.3 Å². The van der Waals surface area contributed by atoms with E-state index in [0.29, 0.717) is 11.8 Å². The van der Waals surface area contributed by atoms with Crippen LogP contribution in [-0.4, -0.2) is 23.2 Å². The van der Waals surface area contributed by atoms with E-state index in [-0.39, 0.29) is 6.61 Å². The standard InChI is InChI=1S/C12H17BrN2O/c1-8-5-15(6-9(8)2)12-10(7-16)3-11(13)4-14-12/h3-4,8-9,16H,5-7H2,1-2H3. The predicted molar refractivity (Wildman–Crippen MR) is 68.4 cm³/mol. The summed E-state index contributed by atoms with van der Waals surface area (Å²) in [7, 11) is 0. The van der Waals surface area contributed by atoms with Gasteiger partial charge in [-0.1, -0.05) is 13.8 Å². The zero-order valence-corrected chi connectivity index (χ0v) is 11.2. The van der Waals surface area contributed by atoms with Crippen LogP contribution in [0.4, 0.5) is 5.82 Å². The molecule has 0 saturated carbocycles. The van der Waals surface area contributed by atoms with E-state index >= 15 is 0 Å². The second-order valence-electron chi connectivity index (χ2n) is 4.65. The third-order valence-electron chi connectivity index (χ3n) is 3.37. The molecule has 3 nitrogen and oxygen atoms in total. The van der Waals surface area contributed by atoms with Crippen LogP contribution in [0.2, 0.25) is 0 Å². The monoisotopic (exact) mass is 284 g/mol. The zero-order chi connectivity index (χ0) is 11.7. The van der Waals surface area contributed by atoms with Crippen LogP contribution >= 0.6 is 15.9 Å². The lowest BCUT2D eigenvalue weighted by atomic mass is 10.0. The summed E-state index contributed by atoms with van der Waals surface area (Å²) in [4.78, 5) is 6.69. The van der Waals surface area contributed by atoms with Gasteiger partial charge in [-0.15, -0.1) is 0 Å². The molecule has 0 amide bonds. The smallest absolute Gasteiger partial charge is 0.134 e. The van der Waals surface area contributed by atoms with Gasteiger partial charge >= 0.3 is 0 Å². The molecule has 88 valence electrons. The largest absolute Gasteiger partial charge is 0.392 e. The molecule has 1 N–H and O–H groups in total. The molecule has 1 saturated heterocycles. The van der Waals surface area contributed by atoms with Crippen molar-refractivity contribution < 1.29 is 5.11 Å². The van der Waals surface area contributed by atoms with E-state index in [4.69, 9.17) is 0 Å². The van der Waals surface area contributed by atoms with Crippen LogP contribution < -0.4 is 4.90 Å². The number of aliphatic hydroxyl groups excluding tert-OH is 1. The maximum Gasteiger partial charge on any atom is 0.134 e. The van der Waals surface area contributed by atoms with Gasteiger partial charge in [0.05, 0.1) is 6.61 Å². The first-order valence-electron chi connectivity index (χ1n) is 5.62. The molecule has 1 aromatic rings. The lowest BCUT2D eigenvalue weighted by Gasteiger charge is -2.20. The summed E-state index contributed by atoms with van der Waals surface area (Å²) >= 11 is 3.38. The van der Waals surface area contributed by atoms with E-state index in [1.54, 1.807) is 6.20 Å². The fourth-order valence-electron chi connectivity index (χ4n) is 2.18. The van der Waals surface area contributed by atoms with Gasteiger partial charge in [-0.2, -0.15) is 0 Å². The highest BCUT2D eigenvalue weighted by atomic mass is 79.9. The maximum absolute atomic E-state index is 9.35. The molecule has 4 heteroatoms. The Morgan fingerprint density at radius 2 is 2.06 bits per heavy atom. The van der Waals surface area contributed by atoms with Crippen LogP contribution in [0.3, 0.4) is 0 Å². The van der Waals surface area contributed by atoms with Gasteiger partial charge in [-0.05, 0) is 33.8 Å². The molecule has 0 bridgehead atoms. The topological polar surface area (TPSA) is 36.4 Å². The molecular formula is C12H17BrN2O. The van der Waals surface area contributed by atoms with Crippen LogP contribution in [-0.2, 0) is 6.61 Å². The molecule has 2 unspecified atom stereocenters. The highest BCUT2D eigenvalue weighted by Crippen LogP contribution is 2.29. The average molecular weight is 285 g/mol. The normalized spacial score (nSPS) is 25.1. The van der Waals surface area contributed by atoms with Gasteiger partial charge in [0.2, 0.25) is 0 Å². The first kappa shape index (κ1) is 11.9. The number of aromatic nitrogens is 1. The average Bonchev–Trinajstić information content (AvgIpc) is 2.59. The summed E-state index contributed by atoms with van der Waals surface area (Å²) in [5.74, 6) is 2.32. The molecule has 1 aliphatic heterocycles. The Labute approximate surface area is 105 Å². The van der Waals surface area contributed by atoms with Gasteiger partial charge in [-0.25, -0.2) is 4.98 Å². The summed E-state index contributed by atoms with van der Waals surface area (Å²) in [6.07, 6.45) is 1.79. The number of nitrogens with zero attached hydrogens (tertiary/aromatic N) is 2. The van der Waals surface area contributed by atoms with E-state index < -0.39 is 0 Å². The lowest BCUT2D eigenvalue weighted by molar-refractivity contribution is 0.281. The Hall–Kier alpha value is -0.610.